The summed E-state index contributed by atoms with van der Waals surface area (Å²) >= 11 is 0. The number of hydrogen-bond donors (Lipinski definition) is 3. The normalized spacial score (nSPS) is 25.1. The van der Waals surface area contributed by atoms with Crippen molar-refractivity contribution in [3.05, 3.63) is 82.3 Å². The van der Waals surface area contributed by atoms with E-state index in [1.54, 1.807) is 36.0 Å². The van der Waals surface area contributed by atoms with Crippen molar-refractivity contribution in [2.75, 3.05) is 62.2 Å². The lowest BCUT2D eigenvalue weighted by Gasteiger charge is -2.36. The number of nitrogens with zero attached hydrogens (tertiary/aromatic N) is 7. The number of H-pyrrole nitrogens is 1. The Labute approximate surface area is 327 Å². The molecule has 5 aromatic rings. The molecular weight excluding hydrogens is 728 g/mol. The van der Waals surface area contributed by atoms with Gasteiger partial charge in [-0.2, -0.15) is 0 Å². The van der Waals surface area contributed by atoms with E-state index in [2.05, 4.69) is 41.4 Å². The van der Waals surface area contributed by atoms with Gasteiger partial charge in [0.25, 0.3) is 5.91 Å². The molecule has 14 nitrogen and oxygen atoms in total. The summed E-state index contributed by atoms with van der Waals surface area (Å²) in [5, 5.41) is 5.38. The first-order chi connectivity index (χ1) is 27.6. The number of amides is 3. The molecule has 1 unspecified atom stereocenters. The van der Waals surface area contributed by atoms with Gasteiger partial charge in [-0.1, -0.05) is 0 Å². The average Bonchev–Trinajstić information content (AvgIpc) is 3.92. The van der Waals surface area contributed by atoms with Crippen LogP contribution in [0.25, 0.3) is 33.8 Å². The minimum absolute atomic E-state index is 0.00507. The molecule has 4 aliphatic heterocycles. The predicted molar refractivity (Wildman–Crippen MR) is 210 cm³/mol. The Balaban J connectivity index is 0.703. The number of benzene rings is 2. The van der Waals surface area contributed by atoms with E-state index in [9.17, 15) is 19.2 Å². The van der Waals surface area contributed by atoms with Crippen LogP contribution in [0.1, 0.15) is 47.8 Å². The zero-order chi connectivity index (χ0) is 38.7. The smallest absolute Gasteiger partial charge is 0.329 e. The number of carbonyl (C=O) groups excluding carboxylic acids is 3. The van der Waals surface area contributed by atoms with Crippen molar-refractivity contribution in [1.29, 1.82) is 0 Å². The standard InChI is InChI=1S/C42H43FN10O4/c1-49-35-17-24(3-5-33(35)53(41(49)57)34-6-7-36(54)48-40(34)56)52-20-28-27(29(28)21-52)19-50-12-14-51(15-13-50)23-2-4-25(30(43)16-23)38-44-11-8-31(47-38)32-18-26-37(46-32)42(9-10-42)22-45-39(26)55/h2-5,8,11,16-18,27-29,34,46H,6-7,9-10,12-15,19-22H2,1H3,(H,45,55)(H,48,54,56)/t27-,28-,29+,34?. The molecule has 11 rings (SSSR count). The lowest BCUT2D eigenvalue weighted by molar-refractivity contribution is -0.135. The summed E-state index contributed by atoms with van der Waals surface area (Å²) in [5.74, 6) is 1.07. The number of piperidine rings is 2. The number of rotatable bonds is 7. The number of anilines is 2. The topological polar surface area (TPSA) is 153 Å². The number of aromatic amines is 1. The zero-order valence-electron chi connectivity index (χ0n) is 31.6. The third-order valence-corrected chi connectivity index (χ3v) is 13.7. The Hall–Kier alpha value is -5.83. The highest BCUT2D eigenvalue weighted by atomic mass is 19.1. The number of nitrogens with one attached hydrogen (secondary N) is 3. The third-order valence-electron chi connectivity index (χ3n) is 13.7. The molecule has 3 amide bonds. The van der Waals surface area contributed by atoms with Gasteiger partial charge < -0.3 is 20.1 Å². The van der Waals surface area contributed by atoms with Crippen molar-refractivity contribution in [2.45, 2.75) is 37.1 Å². The Bertz CT molecular complexity index is 2570. The van der Waals surface area contributed by atoms with Crippen LogP contribution in [0.5, 0.6) is 0 Å². The second-order valence-corrected chi connectivity index (χ2v) is 16.9. The number of aryl methyl sites for hydroxylation is 1. The zero-order valence-corrected chi connectivity index (χ0v) is 31.6. The Morgan fingerprint density at radius 2 is 1.65 bits per heavy atom. The first-order valence-corrected chi connectivity index (χ1v) is 20.1. The van der Waals surface area contributed by atoms with Crippen LogP contribution in [0.15, 0.2) is 59.5 Å². The van der Waals surface area contributed by atoms with Crippen molar-refractivity contribution in [3.63, 3.8) is 0 Å². The van der Waals surface area contributed by atoms with E-state index in [4.69, 9.17) is 4.98 Å². The van der Waals surface area contributed by atoms with Crippen LogP contribution in [-0.2, 0) is 22.1 Å². The van der Waals surface area contributed by atoms with Crippen molar-refractivity contribution in [3.8, 4) is 22.8 Å². The van der Waals surface area contributed by atoms with Crippen LogP contribution in [0.4, 0.5) is 15.8 Å². The van der Waals surface area contributed by atoms with Gasteiger partial charge in [-0.15, -0.1) is 0 Å². The molecule has 2 aromatic carbocycles. The average molecular weight is 771 g/mol. The van der Waals surface area contributed by atoms with Crippen molar-refractivity contribution >= 4 is 40.1 Å². The molecule has 2 aliphatic carbocycles. The van der Waals surface area contributed by atoms with E-state index < -0.39 is 11.9 Å². The molecule has 2 saturated carbocycles. The highest BCUT2D eigenvalue weighted by molar-refractivity contribution is 6.00. The van der Waals surface area contributed by atoms with Gasteiger partial charge >= 0.3 is 5.69 Å². The maximum atomic E-state index is 15.7. The second kappa shape index (κ2) is 12.6. The molecule has 3 saturated heterocycles. The maximum absolute atomic E-state index is 15.7. The monoisotopic (exact) mass is 770 g/mol. The third kappa shape index (κ3) is 5.60. The van der Waals surface area contributed by atoms with E-state index in [1.807, 2.05) is 24.3 Å². The fourth-order valence-electron chi connectivity index (χ4n) is 10.1. The number of hydrogen-bond acceptors (Lipinski definition) is 9. The molecule has 6 aliphatic rings. The summed E-state index contributed by atoms with van der Waals surface area (Å²) < 4.78 is 18.8. The van der Waals surface area contributed by atoms with Crippen LogP contribution >= 0.6 is 0 Å². The number of carbonyl (C=O) groups is 3. The quantitative estimate of drug-likeness (QED) is 0.212. The molecule has 1 spiro atoms. The number of halogens is 1. The first-order valence-electron chi connectivity index (χ1n) is 20.1. The summed E-state index contributed by atoms with van der Waals surface area (Å²) in [7, 11) is 1.73. The SMILES string of the molecule is Cn1c(=O)n(C2CCC(=O)NC2=O)c2ccc(N3C[C@@H]4[C@@H](CN5CCN(c6ccc(-c7nccc(-c8cc9c([nH]8)C8(CC8)CNC9=O)n7)c(F)c6)CC5)[C@@H]4C3)cc21. The molecule has 0 bridgehead atoms. The van der Waals surface area contributed by atoms with Crippen LogP contribution in [0.3, 0.4) is 0 Å². The number of imide groups is 1. The molecule has 292 valence electrons. The summed E-state index contributed by atoms with van der Waals surface area (Å²) in [6.45, 7) is 7.16. The summed E-state index contributed by atoms with van der Waals surface area (Å²) in [5.41, 5.74) is 6.52. The van der Waals surface area contributed by atoms with E-state index in [-0.39, 0.29) is 35.2 Å². The van der Waals surface area contributed by atoms with Crippen LogP contribution in [-0.4, -0.2) is 99.1 Å². The van der Waals surface area contributed by atoms with Gasteiger partial charge in [0.2, 0.25) is 11.8 Å². The van der Waals surface area contributed by atoms with Crippen LogP contribution in [0, 0.1) is 23.6 Å². The molecule has 5 fully saturated rings. The predicted octanol–water partition coefficient (Wildman–Crippen LogP) is 3.19. The fourth-order valence-corrected chi connectivity index (χ4v) is 10.1. The second-order valence-electron chi connectivity index (χ2n) is 16.9. The van der Waals surface area contributed by atoms with Crippen molar-refractivity contribution in [1.82, 2.24) is 39.6 Å². The highest BCUT2D eigenvalue weighted by Gasteiger charge is 2.56. The summed E-state index contributed by atoms with van der Waals surface area (Å²) in [6, 6.07) is 14.3. The van der Waals surface area contributed by atoms with Crippen molar-refractivity contribution in [2.24, 2.45) is 24.8 Å². The minimum atomic E-state index is -0.692. The Kier molecular flexibility index (Phi) is 7.60. The lowest BCUT2D eigenvalue weighted by Crippen LogP contribution is -2.47. The maximum Gasteiger partial charge on any atom is 0.329 e. The van der Waals surface area contributed by atoms with E-state index in [1.165, 1.54) is 4.57 Å². The number of piperazine rings is 1. The van der Waals surface area contributed by atoms with Gasteiger partial charge in [0.05, 0.1) is 33.5 Å². The van der Waals surface area contributed by atoms with Gasteiger partial charge in [-0.25, -0.2) is 19.2 Å². The van der Waals surface area contributed by atoms with Crippen LogP contribution < -0.4 is 26.1 Å². The van der Waals surface area contributed by atoms with E-state index in [0.29, 0.717) is 58.9 Å². The largest absolute Gasteiger partial charge is 0.371 e. The first kappa shape index (κ1) is 34.4. The lowest BCUT2D eigenvalue weighted by atomic mass is 9.95. The van der Waals surface area contributed by atoms with Gasteiger partial charge in [-0.05, 0) is 85.5 Å². The number of imidazole rings is 1. The van der Waals surface area contributed by atoms with Gasteiger partial charge in [-0.3, -0.25) is 33.7 Å². The van der Waals surface area contributed by atoms with Gasteiger partial charge in [0, 0.05) is 94.5 Å². The van der Waals surface area contributed by atoms with Crippen LogP contribution in [0.2, 0.25) is 0 Å². The molecule has 3 aromatic heterocycles. The molecule has 7 heterocycles. The summed E-state index contributed by atoms with van der Waals surface area (Å²) in [4.78, 5) is 69.8. The molecular formula is C42H43FN10O4. The molecule has 4 atom stereocenters. The molecule has 0 radical (unpaired) electrons. The van der Waals surface area contributed by atoms with Gasteiger partial charge in [0.1, 0.15) is 11.9 Å². The van der Waals surface area contributed by atoms with Crippen molar-refractivity contribution < 1.29 is 18.8 Å². The minimum Gasteiger partial charge on any atom is -0.371 e. The fraction of sp³-hybridized carbons (Fsp3) is 0.429. The highest BCUT2D eigenvalue weighted by Crippen LogP contribution is 2.53. The molecule has 3 N–H and O–H groups in total. The number of aromatic nitrogens is 5. The Morgan fingerprint density at radius 1 is 0.877 bits per heavy atom. The van der Waals surface area contributed by atoms with E-state index >= 15 is 4.39 Å². The molecule has 57 heavy (non-hydrogen) atoms. The van der Waals surface area contributed by atoms with E-state index in [0.717, 1.165) is 86.9 Å². The Morgan fingerprint density at radius 3 is 2.40 bits per heavy atom. The van der Waals surface area contributed by atoms with Gasteiger partial charge in [0.15, 0.2) is 5.82 Å². The molecule has 15 heteroatoms. The summed E-state index contributed by atoms with van der Waals surface area (Å²) in [6.07, 6.45) is 4.26. The number of fused-ring (bicyclic) bond motifs is 4.